The molecular weight excluding hydrogens is 140 g/mol. The van der Waals surface area contributed by atoms with E-state index in [1.54, 1.807) is 0 Å². The summed E-state index contributed by atoms with van der Waals surface area (Å²) in [6.45, 7) is 2.21. The van der Waals surface area contributed by atoms with Gasteiger partial charge in [0.1, 0.15) is 6.34 Å². The number of hydrogen-bond acceptors (Lipinski definition) is 3. The summed E-state index contributed by atoms with van der Waals surface area (Å²) in [6.07, 6.45) is 3.95. The van der Waals surface area contributed by atoms with Crippen molar-refractivity contribution in [2.75, 3.05) is 7.05 Å². The van der Waals surface area contributed by atoms with Gasteiger partial charge in [-0.2, -0.15) is 5.32 Å². The van der Waals surface area contributed by atoms with Crippen LogP contribution in [-0.2, 0) is 0 Å². The molecule has 59 valence electrons. The lowest BCUT2D eigenvalue weighted by Gasteiger charge is -2.24. The minimum absolute atomic E-state index is 0.302. The molecule has 0 bridgehead atoms. The molecule has 0 spiro atoms. The highest BCUT2D eigenvalue weighted by molar-refractivity contribution is 5.93. The van der Waals surface area contributed by atoms with E-state index in [0.29, 0.717) is 5.54 Å². The summed E-state index contributed by atoms with van der Waals surface area (Å²) in [5.41, 5.74) is 0.302. The molecule has 1 aliphatic heterocycles. The van der Waals surface area contributed by atoms with Crippen LogP contribution < -0.4 is 5.32 Å². The van der Waals surface area contributed by atoms with E-state index in [2.05, 4.69) is 27.3 Å². The normalized spacial score (nSPS) is 24.4. The van der Waals surface area contributed by atoms with E-state index in [9.17, 15) is 0 Å². The molecule has 0 unspecified atom stereocenters. The second kappa shape index (κ2) is 1.96. The van der Waals surface area contributed by atoms with E-state index in [0.717, 1.165) is 5.96 Å². The Morgan fingerprint density at radius 1 is 1.55 bits per heavy atom. The standard InChI is InChI=1S/C7H11N4/c1-7(3-4-7)11(2)6-8-5-9-10-6/h5H,3-4H2,1-2H3. The fourth-order valence-corrected chi connectivity index (χ4v) is 1.09. The van der Waals surface area contributed by atoms with Gasteiger partial charge in [-0.1, -0.05) is 0 Å². The molecule has 0 aromatic rings. The SMILES string of the molecule is CN(C1=NN=C[N]1)C1(C)CC1. The van der Waals surface area contributed by atoms with Crippen molar-refractivity contribution in [3.63, 3.8) is 0 Å². The molecule has 0 N–H and O–H groups in total. The van der Waals surface area contributed by atoms with E-state index in [1.165, 1.54) is 19.2 Å². The quantitative estimate of drug-likeness (QED) is 0.534. The first-order chi connectivity index (χ1) is 5.22. The van der Waals surface area contributed by atoms with Crippen LogP contribution in [0, 0.1) is 0 Å². The fraction of sp³-hybridized carbons (Fsp3) is 0.714. The lowest BCUT2D eigenvalue weighted by Crippen LogP contribution is -2.40. The van der Waals surface area contributed by atoms with Gasteiger partial charge in [0.15, 0.2) is 0 Å². The van der Waals surface area contributed by atoms with Gasteiger partial charge in [0.2, 0.25) is 5.96 Å². The van der Waals surface area contributed by atoms with Gasteiger partial charge in [-0.15, -0.1) is 10.2 Å². The third kappa shape index (κ3) is 0.982. The van der Waals surface area contributed by atoms with Crippen LogP contribution in [0.3, 0.4) is 0 Å². The molecule has 2 aliphatic rings. The minimum atomic E-state index is 0.302. The number of guanidine groups is 1. The van der Waals surface area contributed by atoms with Crippen LogP contribution >= 0.6 is 0 Å². The van der Waals surface area contributed by atoms with Gasteiger partial charge in [0, 0.05) is 12.6 Å². The van der Waals surface area contributed by atoms with Gasteiger partial charge in [-0.05, 0) is 19.8 Å². The van der Waals surface area contributed by atoms with Gasteiger partial charge >= 0.3 is 0 Å². The maximum absolute atomic E-state index is 4.03. The molecule has 4 heteroatoms. The van der Waals surface area contributed by atoms with Gasteiger partial charge in [-0.3, -0.25) is 0 Å². The van der Waals surface area contributed by atoms with Gasteiger partial charge in [0.05, 0.1) is 0 Å². The molecule has 1 fully saturated rings. The van der Waals surface area contributed by atoms with Crippen molar-refractivity contribution in [2.45, 2.75) is 25.3 Å². The van der Waals surface area contributed by atoms with Gasteiger partial charge in [-0.25, -0.2) is 0 Å². The van der Waals surface area contributed by atoms with E-state index in [-0.39, 0.29) is 0 Å². The number of rotatable bonds is 1. The van der Waals surface area contributed by atoms with Crippen molar-refractivity contribution in [1.82, 2.24) is 10.2 Å². The van der Waals surface area contributed by atoms with Crippen molar-refractivity contribution < 1.29 is 0 Å². The zero-order valence-corrected chi connectivity index (χ0v) is 6.78. The van der Waals surface area contributed by atoms with E-state index in [4.69, 9.17) is 0 Å². The van der Waals surface area contributed by atoms with Crippen molar-refractivity contribution >= 4 is 12.3 Å². The summed E-state index contributed by atoms with van der Waals surface area (Å²) in [6, 6.07) is 0. The first-order valence-corrected chi connectivity index (χ1v) is 3.77. The molecule has 1 heterocycles. The summed E-state index contributed by atoms with van der Waals surface area (Å²) < 4.78 is 0. The predicted octanol–water partition coefficient (Wildman–Crippen LogP) is 0.388. The zero-order chi connectivity index (χ0) is 7.90. The maximum atomic E-state index is 4.03. The van der Waals surface area contributed by atoms with Crippen molar-refractivity contribution in [2.24, 2.45) is 10.2 Å². The summed E-state index contributed by atoms with van der Waals surface area (Å²) in [4.78, 5) is 2.10. The second-order valence-electron chi connectivity index (χ2n) is 3.32. The average Bonchev–Trinajstić information content (AvgIpc) is 2.54. The molecule has 2 rings (SSSR count). The third-order valence-corrected chi connectivity index (χ3v) is 2.46. The van der Waals surface area contributed by atoms with Crippen LogP contribution in [0.15, 0.2) is 10.2 Å². The topological polar surface area (TPSA) is 42.1 Å². The molecule has 0 aromatic heterocycles. The monoisotopic (exact) mass is 151 g/mol. The highest BCUT2D eigenvalue weighted by Crippen LogP contribution is 2.40. The first-order valence-electron chi connectivity index (χ1n) is 3.77. The Hall–Kier alpha value is -1.06. The summed E-state index contributed by atoms with van der Waals surface area (Å²) in [7, 11) is 2.02. The Kier molecular flexibility index (Phi) is 1.19. The van der Waals surface area contributed by atoms with Gasteiger partial charge in [0.25, 0.3) is 0 Å². The lowest BCUT2D eigenvalue weighted by atomic mass is 10.3. The first kappa shape index (κ1) is 6.64. The van der Waals surface area contributed by atoms with Crippen molar-refractivity contribution in [3.8, 4) is 0 Å². The Morgan fingerprint density at radius 3 is 2.73 bits per heavy atom. The molecule has 0 amide bonds. The highest BCUT2D eigenvalue weighted by atomic mass is 15.4. The highest BCUT2D eigenvalue weighted by Gasteiger charge is 2.43. The Labute approximate surface area is 66.0 Å². The molecular formula is C7H11N4. The predicted molar refractivity (Wildman–Crippen MR) is 43.5 cm³/mol. The van der Waals surface area contributed by atoms with E-state index in [1.807, 2.05) is 7.05 Å². The van der Waals surface area contributed by atoms with Gasteiger partial charge < -0.3 is 4.90 Å². The number of hydrogen-bond donors (Lipinski definition) is 0. The van der Waals surface area contributed by atoms with Crippen molar-refractivity contribution in [1.29, 1.82) is 0 Å². The zero-order valence-electron chi connectivity index (χ0n) is 6.78. The summed E-state index contributed by atoms with van der Waals surface area (Å²) in [5, 5.41) is 11.6. The summed E-state index contributed by atoms with van der Waals surface area (Å²) in [5.74, 6) is 0.741. The van der Waals surface area contributed by atoms with E-state index >= 15 is 0 Å². The minimum Gasteiger partial charge on any atom is -0.337 e. The smallest absolute Gasteiger partial charge is 0.247 e. The lowest BCUT2D eigenvalue weighted by molar-refractivity contribution is 0.363. The summed E-state index contributed by atoms with van der Waals surface area (Å²) >= 11 is 0. The van der Waals surface area contributed by atoms with Crippen LogP contribution in [0.2, 0.25) is 0 Å². The third-order valence-electron chi connectivity index (χ3n) is 2.46. The van der Waals surface area contributed by atoms with Crippen LogP contribution in [0.25, 0.3) is 0 Å². The van der Waals surface area contributed by atoms with Crippen LogP contribution in [0.5, 0.6) is 0 Å². The Morgan fingerprint density at radius 2 is 2.27 bits per heavy atom. The van der Waals surface area contributed by atoms with Crippen molar-refractivity contribution in [3.05, 3.63) is 0 Å². The molecule has 1 saturated carbocycles. The maximum Gasteiger partial charge on any atom is 0.247 e. The molecule has 0 atom stereocenters. The molecule has 0 aromatic carbocycles. The fourth-order valence-electron chi connectivity index (χ4n) is 1.09. The Bertz CT molecular complexity index is 227. The average molecular weight is 151 g/mol. The van der Waals surface area contributed by atoms with Crippen LogP contribution in [0.1, 0.15) is 19.8 Å². The van der Waals surface area contributed by atoms with Crippen LogP contribution in [-0.4, -0.2) is 29.8 Å². The molecule has 1 aliphatic carbocycles. The number of nitrogens with zero attached hydrogens (tertiary/aromatic N) is 4. The van der Waals surface area contributed by atoms with Crippen LogP contribution in [0.4, 0.5) is 0 Å². The second-order valence-corrected chi connectivity index (χ2v) is 3.32. The molecule has 0 saturated heterocycles. The largest absolute Gasteiger partial charge is 0.337 e. The molecule has 11 heavy (non-hydrogen) atoms. The molecule has 4 nitrogen and oxygen atoms in total. The molecule has 1 radical (unpaired) electrons. The van der Waals surface area contributed by atoms with E-state index < -0.39 is 0 Å². The Balaban J connectivity index is 2.05.